The molecule has 3 rings (SSSR count). The van der Waals surface area contributed by atoms with Crippen LogP contribution in [0.4, 0.5) is 5.69 Å². The maximum atomic E-state index is 11.5. The van der Waals surface area contributed by atoms with Crippen molar-refractivity contribution in [3.63, 3.8) is 0 Å². The van der Waals surface area contributed by atoms with Gasteiger partial charge in [-0.05, 0) is 30.6 Å². The molecule has 1 aliphatic rings. The fourth-order valence-electron chi connectivity index (χ4n) is 2.71. The molecule has 9 heteroatoms. The Kier molecular flexibility index (Phi) is 3.33. The standard InChI is InChI=1S/C12H13N3O4S2/c16-15(17)9-1-2-10-11(5-9)14(12(20)13-10)6-8-3-4-21(18,19)7-8/h1-2,5,8H,3-4,6-7H2,(H,13,20). The lowest BCUT2D eigenvalue weighted by Gasteiger charge is -2.09. The number of H-pyrrole nitrogens is 1. The second-order valence-corrected chi connectivity index (χ2v) is 7.88. The summed E-state index contributed by atoms with van der Waals surface area (Å²) in [6.45, 7) is 0.458. The Bertz CT molecular complexity index is 882. The monoisotopic (exact) mass is 327 g/mol. The van der Waals surface area contributed by atoms with Crippen LogP contribution in [0.15, 0.2) is 18.2 Å². The van der Waals surface area contributed by atoms with E-state index in [1.807, 2.05) is 0 Å². The van der Waals surface area contributed by atoms with E-state index in [2.05, 4.69) is 4.98 Å². The molecule has 1 aliphatic heterocycles. The van der Waals surface area contributed by atoms with E-state index < -0.39 is 14.8 Å². The highest BCUT2D eigenvalue weighted by atomic mass is 32.2. The molecule has 0 bridgehead atoms. The van der Waals surface area contributed by atoms with Gasteiger partial charge in [-0.1, -0.05) is 0 Å². The maximum Gasteiger partial charge on any atom is 0.271 e. The molecule has 21 heavy (non-hydrogen) atoms. The minimum atomic E-state index is -2.95. The van der Waals surface area contributed by atoms with Gasteiger partial charge in [0, 0.05) is 18.7 Å². The smallest absolute Gasteiger partial charge is 0.271 e. The van der Waals surface area contributed by atoms with Crippen LogP contribution in [-0.2, 0) is 16.4 Å². The second kappa shape index (κ2) is 4.92. The van der Waals surface area contributed by atoms with Crippen LogP contribution < -0.4 is 0 Å². The van der Waals surface area contributed by atoms with E-state index in [-0.39, 0.29) is 23.1 Å². The number of aromatic amines is 1. The summed E-state index contributed by atoms with van der Waals surface area (Å²) >= 11 is 5.24. The highest BCUT2D eigenvalue weighted by molar-refractivity contribution is 7.91. The van der Waals surface area contributed by atoms with Crippen molar-refractivity contribution >= 4 is 38.8 Å². The molecule has 112 valence electrons. The fourth-order valence-corrected chi connectivity index (χ4v) is 4.84. The number of non-ortho nitro benzene ring substituents is 1. The summed E-state index contributed by atoms with van der Waals surface area (Å²) in [4.78, 5) is 13.4. The summed E-state index contributed by atoms with van der Waals surface area (Å²) in [6.07, 6.45) is 0.603. The normalized spacial score (nSPS) is 20.9. The number of hydrogen-bond acceptors (Lipinski definition) is 5. The van der Waals surface area contributed by atoms with Crippen LogP contribution in [0, 0.1) is 20.8 Å². The predicted octanol–water partition coefficient (Wildman–Crippen LogP) is 2.04. The zero-order valence-electron chi connectivity index (χ0n) is 11.0. The lowest BCUT2D eigenvalue weighted by atomic mass is 10.1. The Morgan fingerprint density at radius 2 is 2.24 bits per heavy atom. The highest BCUT2D eigenvalue weighted by Gasteiger charge is 2.28. The number of rotatable bonds is 3. The molecular formula is C12H13N3O4S2. The van der Waals surface area contributed by atoms with Gasteiger partial charge in [-0.15, -0.1) is 0 Å². The Hall–Kier alpha value is -1.74. The van der Waals surface area contributed by atoms with Crippen LogP contribution >= 0.6 is 12.2 Å². The summed E-state index contributed by atoms with van der Waals surface area (Å²) < 4.78 is 25.3. The minimum Gasteiger partial charge on any atom is -0.331 e. The molecule has 1 aromatic carbocycles. The number of imidazole rings is 1. The van der Waals surface area contributed by atoms with Crippen molar-refractivity contribution in [1.82, 2.24) is 9.55 Å². The number of nitro benzene ring substituents is 1. The molecule has 1 saturated heterocycles. The molecule has 0 amide bonds. The van der Waals surface area contributed by atoms with E-state index in [0.29, 0.717) is 28.8 Å². The van der Waals surface area contributed by atoms with Crippen molar-refractivity contribution in [3.8, 4) is 0 Å². The molecule has 0 aliphatic carbocycles. The summed E-state index contributed by atoms with van der Waals surface area (Å²) in [5, 5.41) is 10.9. The van der Waals surface area contributed by atoms with Gasteiger partial charge in [-0.3, -0.25) is 10.1 Å². The van der Waals surface area contributed by atoms with E-state index >= 15 is 0 Å². The molecule has 1 aromatic heterocycles. The first-order chi connectivity index (χ1) is 9.85. The number of benzene rings is 1. The van der Waals surface area contributed by atoms with Crippen LogP contribution in [0.1, 0.15) is 6.42 Å². The number of nitro groups is 1. The molecule has 1 atom stereocenters. The van der Waals surface area contributed by atoms with Crippen molar-refractivity contribution in [1.29, 1.82) is 0 Å². The zero-order valence-corrected chi connectivity index (χ0v) is 12.6. The molecule has 1 unspecified atom stereocenters. The van der Waals surface area contributed by atoms with Gasteiger partial charge in [-0.2, -0.15) is 0 Å². The highest BCUT2D eigenvalue weighted by Crippen LogP contribution is 2.25. The van der Waals surface area contributed by atoms with Crippen LogP contribution in [0.3, 0.4) is 0 Å². The largest absolute Gasteiger partial charge is 0.331 e. The maximum absolute atomic E-state index is 11.5. The molecule has 0 spiro atoms. The number of hydrogen-bond donors (Lipinski definition) is 1. The fraction of sp³-hybridized carbons (Fsp3) is 0.417. The topological polar surface area (TPSA) is 98.0 Å². The third-order valence-corrected chi connectivity index (χ3v) is 5.90. The molecule has 2 heterocycles. The van der Waals surface area contributed by atoms with Crippen molar-refractivity contribution < 1.29 is 13.3 Å². The Morgan fingerprint density at radius 3 is 2.86 bits per heavy atom. The van der Waals surface area contributed by atoms with Gasteiger partial charge in [0.15, 0.2) is 14.6 Å². The minimum absolute atomic E-state index is 0.0000350. The van der Waals surface area contributed by atoms with Crippen molar-refractivity contribution in [2.24, 2.45) is 5.92 Å². The second-order valence-electron chi connectivity index (χ2n) is 5.27. The van der Waals surface area contributed by atoms with Crippen LogP contribution in [0.5, 0.6) is 0 Å². The first-order valence-electron chi connectivity index (χ1n) is 6.43. The molecule has 0 saturated carbocycles. The van der Waals surface area contributed by atoms with Crippen molar-refractivity contribution in [3.05, 3.63) is 33.1 Å². The number of sulfone groups is 1. The first kappa shape index (κ1) is 14.2. The van der Waals surface area contributed by atoms with E-state index in [1.165, 1.54) is 12.1 Å². The van der Waals surface area contributed by atoms with Gasteiger partial charge in [0.05, 0.1) is 27.5 Å². The van der Waals surface area contributed by atoms with Gasteiger partial charge in [0.25, 0.3) is 5.69 Å². The Labute approximate surface area is 125 Å². The van der Waals surface area contributed by atoms with Gasteiger partial charge in [-0.25, -0.2) is 8.42 Å². The Morgan fingerprint density at radius 1 is 1.48 bits per heavy atom. The molecule has 1 fully saturated rings. The molecular weight excluding hydrogens is 314 g/mol. The van der Waals surface area contributed by atoms with E-state index in [0.717, 1.165) is 0 Å². The average Bonchev–Trinajstić information content (AvgIpc) is 2.90. The molecule has 7 nitrogen and oxygen atoms in total. The first-order valence-corrected chi connectivity index (χ1v) is 8.66. The number of nitrogens with zero attached hydrogens (tertiary/aromatic N) is 2. The Balaban J connectivity index is 2.01. The van der Waals surface area contributed by atoms with Crippen molar-refractivity contribution in [2.75, 3.05) is 11.5 Å². The average molecular weight is 327 g/mol. The molecule has 2 aromatic rings. The van der Waals surface area contributed by atoms with Crippen molar-refractivity contribution in [2.45, 2.75) is 13.0 Å². The predicted molar refractivity (Wildman–Crippen MR) is 80.5 cm³/mol. The van der Waals surface area contributed by atoms with E-state index in [9.17, 15) is 18.5 Å². The van der Waals surface area contributed by atoms with Gasteiger partial charge in [0.1, 0.15) is 0 Å². The molecule has 0 radical (unpaired) electrons. The van der Waals surface area contributed by atoms with Gasteiger partial charge in [0.2, 0.25) is 0 Å². The van der Waals surface area contributed by atoms with Crippen LogP contribution in [0.25, 0.3) is 11.0 Å². The quantitative estimate of drug-likeness (QED) is 0.528. The third kappa shape index (κ3) is 2.70. The lowest BCUT2D eigenvalue weighted by Crippen LogP contribution is -2.12. The summed E-state index contributed by atoms with van der Waals surface area (Å²) in [6, 6.07) is 4.49. The number of fused-ring (bicyclic) bond motifs is 1. The van der Waals surface area contributed by atoms with Gasteiger partial charge < -0.3 is 9.55 Å². The number of aromatic nitrogens is 2. The summed E-state index contributed by atoms with van der Waals surface area (Å²) in [7, 11) is -2.95. The third-order valence-electron chi connectivity index (χ3n) is 3.74. The van der Waals surface area contributed by atoms with Crippen LogP contribution in [0.2, 0.25) is 0 Å². The van der Waals surface area contributed by atoms with Crippen LogP contribution in [-0.4, -0.2) is 34.4 Å². The van der Waals surface area contributed by atoms with E-state index in [4.69, 9.17) is 12.2 Å². The lowest BCUT2D eigenvalue weighted by molar-refractivity contribution is -0.384. The molecule has 1 N–H and O–H groups in total. The summed E-state index contributed by atoms with van der Waals surface area (Å²) in [5.74, 6) is 0.351. The van der Waals surface area contributed by atoms with E-state index in [1.54, 1.807) is 10.6 Å². The van der Waals surface area contributed by atoms with Gasteiger partial charge >= 0.3 is 0 Å². The zero-order chi connectivity index (χ0) is 15.2. The SMILES string of the molecule is O=[N+]([O-])c1ccc2[nH]c(=S)n(CC3CCS(=O)(=O)C3)c2c1. The summed E-state index contributed by atoms with van der Waals surface area (Å²) in [5.41, 5.74) is 1.34. The number of nitrogens with one attached hydrogen (secondary N) is 1.